The van der Waals surface area contributed by atoms with E-state index in [1.165, 1.54) is 4.31 Å². The van der Waals surface area contributed by atoms with Crippen LogP contribution in [-0.4, -0.2) is 62.9 Å². The molecule has 150 valence electrons. The van der Waals surface area contributed by atoms with E-state index in [9.17, 15) is 13.2 Å². The highest BCUT2D eigenvalue weighted by molar-refractivity contribution is 7.87. The Morgan fingerprint density at radius 2 is 1.81 bits per heavy atom. The first-order chi connectivity index (χ1) is 13.0. The lowest BCUT2D eigenvalue weighted by molar-refractivity contribution is -0.132. The predicted octanol–water partition coefficient (Wildman–Crippen LogP) is 1.55. The van der Waals surface area contributed by atoms with E-state index in [-0.39, 0.29) is 11.9 Å². The van der Waals surface area contributed by atoms with Gasteiger partial charge in [-0.3, -0.25) is 4.79 Å². The zero-order valence-corrected chi connectivity index (χ0v) is 16.7. The lowest BCUT2D eigenvalue weighted by Gasteiger charge is -2.34. The van der Waals surface area contributed by atoms with Gasteiger partial charge in [0, 0.05) is 38.6 Å². The Hall–Kier alpha value is -1.64. The number of aryl methyl sites for hydroxylation is 1. The number of methoxy groups -OCH3 is 1. The molecule has 1 aliphatic heterocycles. The van der Waals surface area contributed by atoms with Crippen LogP contribution in [0.5, 0.6) is 5.75 Å². The zero-order chi connectivity index (χ0) is 19.3. The second-order valence-corrected chi connectivity index (χ2v) is 8.90. The molecule has 0 radical (unpaired) electrons. The Labute approximate surface area is 161 Å². The lowest BCUT2D eigenvalue weighted by atomic mass is 10.1. The van der Waals surface area contributed by atoms with Gasteiger partial charge in [-0.25, -0.2) is 0 Å². The summed E-state index contributed by atoms with van der Waals surface area (Å²) in [5.74, 6) is 0.848. The van der Waals surface area contributed by atoms with Gasteiger partial charge in [-0.1, -0.05) is 31.0 Å². The van der Waals surface area contributed by atoms with Crippen LogP contribution in [0, 0.1) is 0 Å². The molecule has 3 rings (SSSR count). The number of amides is 1. The van der Waals surface area contributed by atoms with Crippen LogP contribution in [-0.2, 0) is 21.4 Å². The monoisotopic (exact) mass is 395 g/mol. The molecule has 1 aromatic rings. The minimum Gasteiger partial charge on any atom is -0.496 e. The molecule has 0 spiro atoms. The van der Waals surface area contributed by atoms with E-state index in [0.29, 0.717) is 39.0 Å². The Morgan fingerprint density at radius 3 is 2.48 bits per heavy atom. The lowest BCUT2D eigenvalue weighted by Crippen LogP contribution is -2.54. The summed E-state index contributed by atoms with van der Waals surface area (Å²) in [6.07, 6.45) is 5.02. The summed E-state index contributed by atoms with van der Waals surface area (Å²) >= 11 is 0. The van der Waals surface area contributed by atoms with Crippen molar-refractivity contribution >= 4 is 16.1 Å². The molecule has 1 aliphatic carbocycles. The first kappa shape index (κ1) is 20.1. The fourth-order valence-electron chi connectivity index (χ4n) is 3.82. The SMILES string of the molecule is COc1ccccc1CCC(=O)N1CCN(S(=O)(=O)NC2CCCC2)CC1. The van der Waals surface area contributed by atoms with Gasteiger partial charge in [0.25, 0.3) is 10.2 Å². The number of benzene rings is 1. The average molecular weight is 396 g/mol. The molecule has 27 heavy (non-hydrogen) atoms. The number of hydrogen-bond donors (Lipinski definition) is 1. The molecule has 0 atom stereocenters. The number of carbonyl (C=O) groups is 1. The first-order valence-corrected chi connectivity index (χ1v) is 11.1. The summed E-state index contributed by atoms with van der Waals surface area (Å²) < 4.78 is 34.6. The number of nitrogens with zero attached hydrogens (tertiary/aromatic N) is 2. The Morgan fingerprint density at radius 1 is 1.15 bits per heavy atom. The van der Waals surface area contributed by atoms with Gasteiger partial charge in [-0.15, -0.1) is 0 Å². The van der Waals surface area contributed by atoms with Crippen molar-refractivity contribution in [1.82, 2.24) is 13.9 Å². The van der Waals surface area contributed by atoms with Gasteiger partial charge in [0.15, 0.2) is 0 Å². The van der Waals surface area contributed by atoms with E-state index in [1.807, 2.05) is 24.3 Å². The summed E-state index contributed by atoms with van der Waals surface area (Å²) in [6, 6.07) is 7.76. The maximum absolute atomic E-state index is 12.5. The third-order valence-electron chi connectivity index (χ3n) is 5.40. The number of ether oxygens (including phenoxy) is 1. The molecule has 7 nitrogen and oxygen atoms in total. The normalized spacial score (nSPS) is 19.4. The quantitative estimate of drug-likeness (QED) is 0.760. The number of rotatable bonds is 7. The van der Waals surface area contributed by atoms with E-state index in [1.54, 1.807) is 12.0 Å². The largest absolute Gasteiger partial charge is 0.496 e. The topological polar surface area (TPSA) is 79.0 Å². The van der Waals surface area contributed by atoms with Crippen molar-refractivity contribution in [3.05, 3.63) is 29.8 Å². The van der Waals surface area contributed by atoms with Gasteiger partial charge in [0.1, 0.15) is 5.75 Å². The molecule has 1 saturated carbocycles. The van der Waals surface area contributed by atoms with Gasteiger partial charge >= 0.3 is 0 Å². The molecule has 1 N–H and O–H groups in total. The van der Waals surface area contributed by atoms with Crippen LogP contribution in [0.3, 0.4) is 0 Å². The van der Waals surface area contributed by atoms with E-state index >= 15 is 0 Å². The number of carbonyl (C=O) groups excluding carboxylic acids is 1. The third kappa shape index (κ3) is 5.21. The van der Waals surface area contributed by atoms with E-state index < -0.39 is 10.2 Å². The molecule has 2 fully saturated rings. The fourth-order valence-corrected chi connectivity index (χ4v) is 5.27. The van der Waals surface area contributed by atoms with Crippen LogP contribution in [0.4, 0.5) is 0 Å². The molecule has 2 aliphatic rings. The molecule has 1 aromatic carbocycles. The predicted molar refractivity (Wildman–Crippen MR) is 104 cm³/mol. The van der Waals surface area contributed by atoms with Crippen LogP contribution in [0.1, 0.15) is 37.7 Å². The van der Waals surface area contributed by atoms with Crippen LogP contribution in [0.15, 0.2) is 24.3 Å². The minimum absolute atomic E-state index is 0.0571. The number of para-hydroxylation sites is 1. The minimum atomic E-state index is -3.45. The Balaban J connectivity index is 1.47. The fraction of sp³-hybridized carbons (Fsp3) is 0.632. The summed E-state index contributed by atoms with van der Waals surface area (Å²) in [7, 11) is -1.83. The zero-order valence-electron chi connectivity index (χ0n) is 15.9. The number of hydrogen-bond acceptors (Lipinski definition) is 4. The highest BCUT2D eigenvalue weighted by atomic mass is 32.2. The van der Waals surface area contributed by atoms with E-state index in [4.69, 9.17) is 4.74 Å². The van der Waals surface area contributed by atoms with Gasteiger partial charge in [0.2, 0.25) is 5.91 Å². The van der Waals surface area contributed by atoms with E-state index in [0.717, 1.165) is 37.0 Å². The molecule has 0 bridgehead atoms. The van der Waals surface area contributed by atoms with Crippen molar-refractivity contribution in [2.75, 3.05) is 33.3 Å². The highest BCUT2D eigenvalue weighted by Crippen LogP contribution is 2.21. The van der Waals surface area contributed by atoms with Gasteiger partial charge < -0.3 is 9.64 Å². The molecule has 1 amide bonds. The number of piperazine rings is 1. The van der Waals surface area contributed by atoms with Crippen LogP contribution < -0.4 is 9.46 Å². The molecule has 0 aromatic heterocycles. The number of nitrogens with one attached hydrogen (secondary N) is 1. The van der Waals surface area contributed by atoms with Crippen LogP contribution >= 0.6 is 0 Å². The van der Waals surface area contributed by atoms with Crippen molar-refractivity contribution in [3.63, 3.8) is 0 Å². The highest BCUT2D eigenvalue weighted by Gasteiger charge is 2.31. The summed E-state index contributed by atoms with van der Waals surface area (Å²) in [5, 5.41) is 0. The average Bonchev–Trinajstić information content (AvgIpc) is 3.18. The van der Waals surface area contributed by atoms with E-state index in [2.05, 4.69) is 4.72 Å². The molecule has 1 saturated heterocycles. The Bertz CT molecular complexity index is 739. The Kier molecular flexibility index (Phi) is 6.73. The molecule has 0 unspecified atom stereocenters. The molecule has 1 heterocycles. The van der Waals surface area contributed by atoms with Crippen molar-refractivity contribution in [2.45, 2.75) is 44.6 Å². The molecule has 8 heteroatoms. The molecular formula is C19H29N3O4S. The van der Waals surface area contributed by atoms with Crippen LogP contribution in [0.2, 0.25) is 0 Å². The van der Waals surface area contributed by atoms with Gasteiger partial charge in [-0.05, 0) is 30.9 Å². The van der Waals surface area contributed by atoms with Crippen molar-refractivity contribution < 1.29 is 17.9 Å². The van der Waals surface area contributed by atoms with Gasteiger partial charge in [0.05, 0.1) is 7.11 Å². The van der Waals surface area contributed by atoms with Crippen molar-refractivity contribution in [1.29, 1.82) is 0 Å². The molecular weight excluding hydrogens is 366 g/mol. The second-order valence-electron chi connectivity index (χ2n) is 7.20. The first-order valence-electron chi connectivity index (χ1n) is 9.66. The standard InChI is InChI=1S/C19H29N3O4S/c1-26-18-9-5-2-6-16(18)10-11-19(23)21-12-14-22(15-13-21)27(24,25)20-17-7-3-4-8-17/h2,5-6,9,17,20H,3-4,7-8,10-15H2,1H3. The van der Waals surface area contributed by atoms with Crippen molar-refractivity contribution in [3.8, 4) is 5.75 Å². The maximum Gasteiger partial charge on any atom is 0.279 e. The van der Waals surface area contributed by atoms with Crippen LogP contribution in [0.25, 0.3) is 0 Å². The maximum atomic E-state index is 12.5. The van der Waals surface area contributed by atoms with Gasteiger partial charge in [-0.2, -0.15) is 17.4 Å². The summed E-state index contributed by atoms with van der Waals surface area (Å²) in [5.41, 5.74) is 1.01. The smallest absolute Gasteiger partial charge is 0.279 e. The second kappa shape index (κ2) is 9.03. The summed E-state index contributed by atoms with van der Waals surface area (Å²) in [4.78, 5) is 14.3. The third-order valence-corrected chi connectivity index (χ3v) is 7.08. The summed E-state index contributed by atoms with van der Waals surface area (Å²) in [6.45, 7) is 1.58. The van der Waals surface area contributed by atoms with Crippen molar-refractivity contribution in [2.24, 2.45) is 0 Å².